The van der Waals surface area contributed by atoms with E-state index in [-0.39, 0.29) is 6.10 Å². The SMILES string of the molecule is CCc1nn(C)cc1C1OCCCC1C(=O)O. The topological polar surface area (TPSA) is 64.4 Å². The molecule has 0 bridgehead atoms. The van der Waals surface area contributed by atoms with E-state index in [9.17, 15) is 9.90 Å². The van der Waals surface area contributed by atoms with E-state index in [1.165, 1.54) is 0 Å². The van der Waals surface area contributed by atoms with Gasteiger partial charge in [0.1, 0.15) is 0 Å². The number of carboxylic acid groups (broad SMARTS) is 1. The summed E-state index contributed by atoms with van der Waals surface area (Å²) in [6, 6.07) is 0. The average molecular weight is 238 g/mol. The summed E-state index contributed by atoms with van der Waals surface area (Å²) in [4.78, 5) is 11.2. The van der Waals surface area contributed by atoms with Crippen LogP contribution in [0.25, 0.3) is 0 Å². The van der Waals surface area contributed by atoms with Gasteiger partial charge in [-0.25, -0.2) is 0 Å². The number of aryl methyl sites for hydroxylation is 2. The van der Waals surface area contributed by atoms with Crippen molar-refractivity contribution in [1.82, 2.24) is 9.78 Å². The van der Waals surface area contributed by atoms with Crippen LogP contribution >= 0.6 is 0 Å². The van der Waals surface area contributed by atoms with E-state index < -0.39 is 11.9 Å². The molecule has 1 aliphatic heterocycles. The highest BCUT2D eigenvalue weighted by atomic mass is 16.5. The Morgan fingerprint density at radius 3 is 3.12 bits per heavy atom. The summed E-state index contributed by atoms with van der Waals surface area (Å²) >= 11 is 0. The molecule has 0 amide bonds. The molecule has 0 saturated carbocycles. The normalized spacial score (nSPS) is 24.8. The maximum atomic E-state index is 11.2. The first-order chi connectivity index (χ1) is 8.13. The molecule has 94 valence electrons. The van der Waals surface area contributed by atoms with Gasteiger partial charge in [-0.15, -0.1) is 0 Å². The zero-order valence-electron chi connectivity index (χ0n) is 10.2. The summed E-state index contributed by atoms with van der Waals surface area (Å²) < 4.78 is 7.39. The van der Waals surface area contributed by atoms with E-state index in [2.05, 4.69) is 5.10 Å². The Kier molecular flexibility index (Phi) is 3.47. The molecule has 5 heteroatoms. The maximum Gasteiger partial charge on any atom is 0.309 e. The summed E-state index contributed by atoms with van der Waals surface area (Å²) in [6.45, 7) is 2.65. The van der Waals surface area contributed by atoms with Gasteiger partial charge in [-0.05, 0) is 19.3 Å². The number of aromatic nitrogens is 2. The summed E-state index contributed by atoms with van der Waals surface area (Å²) in [5.74, 6) is -1.22. The predicted octanol–water partition coefficient (Wildman–Crippen LogP) is 1.53. The van der Waals surface area contributed by atoms with Crippen molar-refractivity contribution in [3.63, 3.8) is 0 Å². The summed E-state index contributed by atoms with van der Waals surface area (Å²) in [5.41, 5.74) is 1.87. The lowest BCUT2D eigenvalue weighted by molar-refractivity contribution is -0.151. The maximum absolute atomic E-state index is 11.2. The molecule has 0 spiro atoms. The summed E-state index contributed by atoms with van der Waals surface area (Å²) in [7, 11) is 1.85. The molecule has 1 aromatic rings. The Balaban J connectivity index is 2.32. The monoisotopic (exact) mass is 238 g/mol. The number of aliphatic carboxylic acids is 1. The summed E-state index contributed by atoms with van der Waals surface area (Å²) in [6.07, 6.45) is 3.82. The van der Waals surface area contributed by atoms with Gasteiger partial charge >= 0.3 is 5.97 Å². The smallest absolute Gasteiger partial charge is 0.309 e. The van der Waals surface area contributed by atoms with E-state index in [1.54, 1.807) is 4.68 Å². The first kappa shape index (κ1) is 12.1. The lowest BCUT2D eigenvalue weighted by atomic mass is 9.89. The van der Waals surface area contributed by atoms with Crippen molar-refractivity contribution in [2.45, 2.75) is 32.3 Å². The number of ether oxygens (including phenoxy) is 1. The lowest BCUT2D eigenvalue weighted by Gasteiger charge is -2.28. The highest BCUT2D eigenvalue weighted by molar-refractivity contribution is 5.71. The van der Waals surface area contributed by atoms with Crippen molar-refractivity contribution >= 4 is 5.97 Å². The van der Waals surface area contributed by atoms with E-state index >= 15 is 0 Å². The molecule has 5 nitrogen and oxygen atoms in total. The number of rotatable bonds is 3. The van der Waals surface area contributed by atoms with E-state index in [0.29, 0.717) is 13.0 Å². The van der Waals surface area contributed by atoms with Gasteiger partial charge in [0.15, 0.2) is 0 Å². The third-order valence-corrected chi connectivity index (χ3v) is 3.22. The minimum atomic E-state index is -0.777. The fraction of sp³-hybridized carbons (Fsp3) is 0.667. The van der Waals surface area contributed by atoms with Crippen LogP contribution in [0.2, 0.25) is 0 Å². The van der Waals surface area contributed by atoms with E-state index in [1.807, 2.05) is 20.2 Å². The highest BCUT2D eigenvalue weighted by Gasteiger charge is 2.35. The fourth-order valence-corrected chi connectivity index (χ4v) is 2.41. The van der Waals surface area contributed by atoms with E-state index in [4.69, 9.17) is 4.74 Å². The first-order valence-electron chi connectivity index (χ1n) is 6.00. The van der Waals surface area contributed by atoms with Crippen LogP contribution in [0, 0.1) is 5.92 Å². The number of carboxylic acids is 1. The van der Waals surface area contributed by atoms with Crippen LogP contribution < -0.4 is 0 Å². The Hall–Kier alpha value is -1.36. The van der Waals surface area contributed by atoms with Gasteiger partial charge in [-0.1, -0.05) is 6.92 Å². The third-order valence-electron chi connectivity index (χ3n) is 3.22. The van der Waals surface area contributed by atoms with Crippen LogP contribution in [0.4, 0.5) is 0 Å². The van der Waals surface area contributed by atoms with Gasteiger partial charge in [-0.3, -0.25) is 9.48 Å². The highest BCUT2D eigenvalue weighted by Crippen LogP contribution is 2.35. The summed E-state index contributed by atoms with van der Waals surface area (Å²) in [5, 5.41) is 13.6. The molecule has 2 unspecified atom stereocenters. The Morgan fingerprint density at radius 2 is 2.47 bits per heavy atom. The van der Waals surface area contributed by atoms with Gasteiger partial charge in [0.25, 0.3) is 0 Å². The number of nitrogens with zero attached hydrogens (tertiary/aromatic N) is 2. The van der Waals surface area contributed by atoms with Crippen LogP contribution in [-0.2, 0) is 23.0 Å². The molecule has 1 fully saturated rings. The molecule has 0 radical (unpaired) electrons. The minimum absolute atomic E-state index is 0.343. The number of carbonyl (C=O) groups is 1. The molecule has 1 N–H and O–H groups in total. The molecule has 0 aromatic carbocycles. The van der Waals surface area contributed by atoms with Crippen molar-refractivity contribution in [3.05, 3.63) is 17.5 Å². The Morgan fingerprint density at radius 1 is 1.71 bits per heavy atom. The van der Waals surface area contributed by atoms with Gasteiger partial charge in [0.2, 0.25) is 0 Å². The standard InChI is InChI=1S/C12H18N2O3/c1-3-10-9(7-14(2)13-10)11-8(12(15)16)5-4-6-17-11/h7-8,11H,3-6H2,1-2H3,(H,15,16). The Bertz CT molecular complexity index is 414. The van der Waals surface area contributed by atoms with Crippen molar-refractivity contribution in [1.29, 1.82) is 0 Å². The second-order valence-electron chi connectivity index (χ2n) is 4.44. The van der Waals surface area contributed by atoms with Crippen LogP contribution in [0.5, 0.6) is 0 Å². The lowest BCUT2D eigenvalue weighted by Crippen LogP contribution is -2.29. The van der Waals surface area contributed by atoms with Crippen LogP contribution in [0.15, 0.2) is 6.20 Å². The molecule has 1 aromatic heterocycles. The molecule has 1 aliphatic rings. The first-order valence-corrected chi connectivity index (χ1v) is 6.00. The van der Waals surface area contributed by atoms with Crippen LogP contribution in [0.3, 0.4) is 0 Å². The molecule has 2 rings (SSSR count). The molecule has 2 atom stereocenters. The van der Waals surface area contributed by atoms with Crippen molar-refractivity contribution in [2.75, 3.05) is 6.61 Å². The van der Waals surface area contributed by atoms with Gasteiger partial charge in [-0.2, -0.15) is 5.10 Å². The van der Waals surface area contributed by atoms with E-state index in [0.717, 1.165) is 24.1 Å². The molecular weight excluding hydrogens is 220 g/mol. The number of hydrogen-bond donors (Lipinski definition) is 1. The quantitative estimate of drug-likeness (QED) is 0.867. The zero-order chi connectivity index (χ0) is 12.4. The van der Waals surface area contributed by atoms with Gasteiger partial charge in [0, 0.05) is 25.4 Å². The van der Waals surface area contributed by atoms with Crippen LogP contribution in [0.1, 0.15) is 37.1 Å². The average Bonchev–Trinajstić information content (AvgIpc) is 2.70. The van der Waals surface area contributed by atoms with Crippen molar-refractivity contribution in [2.24, 2.45) is 13.0 Å². The molecule has 1 saturated heterocycles. The third kappa shape index (κ3) is 2.34. The van der Waals surface area contributed by atoms with Crippen molar-refractivity contribution in [3.8, 4) is 0 Å². The van der Waals surface area contributed by atoms with Crippen molar-refractivity contribution < 1.29 is 14.6 Å². The number of hydrogen-bond acceptors (Lipinski definition) is 3. The zero-order valence-corrected chi connectivity index (χ0v) is 10.2. The molecule has 2 heterocycles. The molecule has 17 heavy (non-hydrogen) atoms. The van der Waals surface area contributed by atoms with Crippen LogP contribution in [-0.4, -0.2) is 27.5 Å². The second kappa shape index (κ2) is 4.87. The Labute approximate surface area is 100 Å². The van der Waals surface area contributed by atoms with Gasteiger partial charge < -0.3 is 9.84 Å². The molecular formula is C12H18N2O3. The minimum Gasteiger partial charge on any atom is -0.481 e. The molecule has 0 aliphatic carbocycles. The predicted molar refractivity (Wildman–Crippen MR) is 61.6 cm³/mol. The van der Waals surface area contributed by atoms with Gasteiger partial charge in [0.05, 0.1) is 17.7 Å². The largest absolute Gasteiger partial charge is 0.481 e. The second-order valence-corrected chi connectivity index (χ2v) is 4.44. The fourth-order valence-electron chi connectivity index (χ4n) is 2.41.